The van der Waals surface area contributed by atoms with E-state index < -0.39 is 15.7 Å². The van der Waals surface area contributed by atoms with Gasteiger partial charge in [0.25, 0.3) is 5.91 Å². The molecule has 0 aliphatic carbocycles. The average Bonchev–Trinajstić information content (AvgIpc) is 3.35. The topological polar surface area (TPSA) is 120 Å². The molecule has 0 saturated carbocycles. The normalized spacial score (nSPS) is 11.4. The summed E-state index contributed by atoms with van der Waals surface area (Å²) in [5, 5.41) is 10.5. The zero-order chi connectivity index (χ0) is 21.1. The molecule has 2 aromatic carbocycles. The van der Waals surface area contributed by atoms with Crippen molar-refractivity contribution in [1.82, 2.24) is 19.9 Å². The maximum atomic E-state index is 12.7. The summed E-state index contributed by atoms with van der Waals surface area (Å²) in [7, 11) is -3.32. The number of nitrogens with zero attached hydrogens (tertiary/aromatic N) is 4. The molecule has 0 saturated heterocycles. The maximum absolute atomic E-state index is 12.7. The summed E-state index contributed by atoms with van der Waals surface area (Å²) < 4.78 is 29.3. The lowest BCUT2D eigenvalue weighted by atomic mass is 10.1. The summed E-state index contributed by atoms with van der Waals surface area (Å²) in [4.78, 5) is 16.6. The van der Waals surface area contributed by atoms with E-state index in [-0.39, 0.29) is 23.3 Å². The number of aromatic nitrogens is 4. The first-order valence-corrected chi connectivity index (χ1v) is 11.0. The van der Waals surface area contributed by atoms with Gasteiger partial charge < -0.3 is 4.52 Å². The number of para-hydroxylation sites is 1. The van der Waals surface area contributed by atoms with Crippen LogP contribution in [0.3, 0.4) is 0 Å². The zero-order valence-corrected chi connectivity index (χ0v) is 16.7. The standard InChI is InChI=1S/C20H17N5O4S/c1-30(27,28)13-18-21-20(29-24-18)22-19(26)16-12-17(14-8-4-2-5-9-14)25(23-16)15-10-6-3-7-11-15/h2-12H,13H2,1H3,(H,21,22,24,26). The lowest BCUT2D eigenvalue weighted by Crippen LogP contribution is -2.13. The number of anilines is 1. The van der Waals surface area contributed by atoms with E-state index in [1.807, 2.05) is 60.7 Å². The Kier molecular flexibility index (Phi) is 5.15. The van der Waals surface area contributed by atoms with Crippen molar-refractivity contribution in [2.45, 2.75) is 5.75 Å². The number of carbonyl (C=O) groups excluding carboxylic acids is 1. The molecule has 0 fully saturated rings. The second kappa shape index (κ2) is 7.91. The van der Waals surface area contributed by atoms with Crippen LogP contribution >= 0.6 is 0 Å². The fraction of sp³-hybridized carbons (Fsp3) is 0.100. The van der Waals surface area contributed by atoms with Gasteiger partial charge in [-0.1, -0.05) is 53.7 Å². The van der Waals surface area contributed by atoms with Crippen molar-refractivity contribution < 1.29 is 17.7 Å². The third-order valence-corrected chi connectivity index (χ3v) is 4.87. The van der Waals surface area contributed by atoms with Crippen LogP contribution in [0.5, 0.6) is 0 Å². The molecule has 1 amide bonds. The minimum Gasteiger partial charge on any atom is -0.315 e. The summed E-state index contributed by atoms with van der Waals surface area (Å²) in [6, 6.07) is 20.4. The van der Waals surface area contributed by atoms with Crippen molar-refractivity contribution in [3.63, 3.8) is 0 Å². The molecule has 0 unspecified atom stereocenters. The lowest BCUT2D eigenvalue weighted by Gasteiger charge is -2.07. The van der Waals surface area contributed by atoms with Crippen molar-refractivity contribution in [2.75, 3.05) is 11.6 Å². The second-order valence-corrected chi connectivity index (χ2v) is 8.71. The number of benzene rings is 2. The smallest absolute Gasteiger partial charge is 0.315 e. The lowest BCUT2D eigenvalue weighted by molar-refractivity contribution is 0.101. The van der Waals surface area contributed by atoms with Crippen LogP contribution < -0.4 is 5.32 Å². The highest BCUT2D eigenvalue weighted by molar-refractivity contribution is 7.89. The van der Waals surface area contributed by atoms with Crippen molar-refractivity contribution in [1.29, 1.82) is 0 Å². The number of hydrogen-bond acceptors (Lipinski definition) is 7. The van der Waals surface area contributed by atoms with Crippen LogP contribution in [-0.4, -0.2) is 40.5 Å². The third-order valence-electron chi connectivity index (χ3n) is 4.09. The van der Waals surface area contributed by atoms with Gasteiger partial charge in [0.05, 0.1) is 11.4 Å². The molecule has 4 aromatic rings. The molecule has 4 rings (SSSR count). The summed E-state index contributed by atoms with van der Waals surface area (Å²) >= 11 is 0. The molecule has 30 heavy (non-hydrogen) atoms. The van der Waals surface area contributed by atoms with Crippen LogP contribution in [0.4, 0.5) is 6.01 Å². The summed E-state index contributed by atoms with van der Waals surface area (Å²) in [5.41, 5.74) is 2.56. The number of rotatable bonds is 6. The van der Waals surface area contributed by atoms with Gasteiger partial charge in [-0.2, -0.15) is 10.1 Å². The maximum Gasteiger partial charge on any atom is 0.328 e. The molecule has 0 atom stereocenters. The van der Waals surface area contributed by atoms with Gasteiger partial charge in [0, 0.05) is 11.8 Å². The van der Waals surface area contributed by atoms with Crippen molar-refractivity contribution in [2.24, 2.45) is 0 Å². The number of nitrogens with one attached hydrogen (secondary N) is 1. The Morgan fingerprint density at radius 3 is 2.40 bits per heavy atom. The molecule has 2 heterocycles. The van der Waals surface area contributed by atoms with Gasteiger partial charge in [0.15, 0.2) is 21.4 Å². The van der Waals surface area contributed by atoms with Crippen LogP contribution in [0.15, 0.2) is 71.3 Å². The highest BCUT2D eigenvalue weighted by Crippen LogP contribution is 2.24. The van der Waals surface area contributed by atoms with E-state index in [2.05, 4.69) is 20.6 Å². The third kappa shape index (κ3) is 4.44. The van der Waals surface area contributed by atoms with Gasteiger partial charge in [-0.05, 0) is 18.2 Å². The molecular weight excluding hydrogens is 406 g/mol. The van der Waals surface area contributed by atoms with Crippen molar-refractivity contribution in [3.8, 4) is 16.9 Å². The van der Waals surface area contributed by atoms with Gasteiger partial charge >= 0.3 is 6.01 Å². The molecule has 9 nitrogen and oxygen atoms in total. The van der Waals surface area contributed by atoms with E-state index in [1.54, 1.807) is 10.7 Å². The summed E-state index contributed by atoms with van der Waals surface area (Å²) in [5.74, 6) is -0.975. The SMILES string of the molecule is CS(=O)(=O)Cc1noc(NC(=O)c2cc(-c3ccccc3)n(-c3ccccc3)n2)n1. The Balaban J connectivity index is 1.64. The number of amides is 1. The Morgan fingerprint density at radius 1 is 1.07 bits per heavy atom. The minimum absolute atomic E-state index is 0.0346. The Morgan fingerprint density at radius 2 is 1.73 bits per heavy atom. The zero-order valence-electron chi connectivity index (χ0n) is 15.9. The van der Waals surface area contributed by atoms with E-state index in [1.165, 1.54) is 0 Å². The highest BCUT2D eigenvalue weighted by atomic mass is 32.2. The predicted octanol–water partition coefficient (Wildman–Crippen LogP) is 2.72. The molecule has 152 valence electrons. The fourth-order valence-corrected chi connectivity index (χ4v) is 3.42. The van der Waals surface area contributed by atoms with Crippen LogP contribution in [-0.2, 0) is 15.6 Å². The molecule has 0 radical (unpaired) electrons. The first kappa shape index (κ1) is 19.5. The van der Waals surface area contributed by atoms with E-state index in [4.69, 9.17) is 4.52 Å². The average molecular weight is 423 g/mol. The largest absolute Gasteiger partial charge is 0.328 e. The molecule has 0 aliphatic rings. The molecule has 1 N–H and O–H groups in total. The van der Waals surface area contributed by atoms with Crippen LogP contribution in [0.2, 0.25) is 0 Å². The van der Waals surface area contributed by atoms with E-state index in [0.717, 1.165) is 23.2 Å². The first-order chi connectivity index (χ1) is 14.4. The Hall–Kier alpha value is -3.79. The summed E-state index contributed by atoms with van der Waals surface area (Å²) in [6.45, 7) is 0. The monoisotopic (exact) mass is 423 g/mol. The predicted molar refractivity (Wildman–Crippen MR) is 110 cm³/mol. The highest BCUT2D eigenvalue weighted by Gasteiger charge is 2.19. The Labute approximate surface area is 172 Å². The van der Waals surface area contributed by atoms with Crippen LogP contribution in [0.1, 0.15) is 16.3 Å². The number of carbonyl (C=O) groups is 1. The summed E-state index contributed by atoms with van der Waals surface area (Å²) in [6.07, 6.45) is 1.06. The fourth-order valence-electron chi connectivity index (χ4n) is 2.83. The molecular formula is C20H17N5O4S. The Bertz CT molecular complexity index is 1220. The van der Waals surface area contributed by atoms with E-state index >= 15 is 0 Å². The van der Waals surface area contributed by atoms with Crippen molar-refractivity contribution in [3.05, 3.63) is 78.2 Å². The van der Waals surface area contributed by atoms with E-state index in [9.17, 15) is 13.2 Å². The quantitative estimate of drug-likeness (QED) is 0.506. The minimum atomic E-state index is -3.32. The molecule has 0 aliphatic heterocycles. The molecule has 2 aromatic heterocycles. The van der Waals surface area contributed by atoms with Crippen LogP contribution in [0, 0.1) is 0 Å². The number of hydrogen-bond donors (Lipinski definition) is 1. The van der Waals surface area contributed by atoms with E-state index in [0.29, 0.717) is 0 Å². The number of sulfone groups is 1. The van der Waals surface area contributed by atoms with Gasteiger partial charge in [0.1, 0.15) is 5.75 Å². The van der Waals surface area contributed by atoms with Crippen LogP contribution in [0.25, 0.3) is 16.9 Å². The second-order valence-electron chi connectivity index (χ2n) is 6.57. The first-order valence-electron chi connectivity index (χ1n) is 8.91. The van der Waals surface area contributed by atoms with Gasteiger partial charge in [0.2, 0.25) is 0 Å². The molecule has 0 spiro atoms. The molecule has 0 bridgehead atoms. The van der Waals surface area contributed by atoms with Gasteiger partial charge in [-0.15, -0.1) is 0 Å². The molecule has 10 heteroatoms. The van der Waals surface area contributed by atoms with Gasteiger partial charge in [-0.25, -0.2) is 13.1 Å². The van der Waals surface area contributed by atoms with Crippen molar-refractivity contribution >= 4 is 21.8 Å². The van der Waals surface area contributed by atoms with Gasteiger partial charge in [-0.3, -0.25) is 10.1 Å².